The smallest absolute Gasteiger partial charge is 0.257 e. The fourth-order valence-corrected chi connectivity index (χ4v) is 4.23. The van der Waals surface area contributed by atoms with Gasteiger partial charge < -0.3 is 24.4 Å². The van der Waals surface area contributed by atoms with Gasteiger partial charge in [0.2, 0.25) is 5.91 Å². The number of rotatable bonds is 3. The van der Waals surface area contributed by atoms with Crippen LogP contribution in [0.2, 0.25) is 0 Å². The molecule has 2 heterocycles. The van der Waals surface area contributed by atoms with Gasteiger partial charge in [-0.05, 0) is 44.9 Å². The molecule has 0 aliphatic carbocycles. The van der Waals surface area contributed by atoms with Gasteiger partial charge in [-0.1, -0.05) is 6.92 Å². The van der Waals surface area contributed by atoms with E-state index in [1.165, 1.54) is 0 Å². The van der Waals surface area contributed by atoms with E-state index in [0.717, 1.165) is 19.4 Å². The maximum absolute atomic E-state index is 13.2. The van der Waals surface area contributed by atoms with Crippen LogP contribution in [0.5, 0.6) is 5.75 Å². The summed E-state index contributed by atoms with van der Waals surface area (Å²) < 4.78 is 17.2. The maximum atomic E-state index is 13.2. The highest BCUT2D eigenvalue weighted by atomic mass is 16.5. The fraction of sp³-hybridized carbons (Fsp3) is 0.667. The van der Waals surface area contributed by atoms with E-state index in [1.54, 1.807) is 37.3 Å². The molecule has 2 aliphatic rings. The standard InChI is InChI=1S/C24H37N3O5/c1-16-13-26(3)17(2)15-32-21-12-19(25-23(28)18-8-10-31-11-9-18)6-7-20(21)24(29)27(4)14-22(16)30-5/h6-7,12,16-18,22H,8-11,13-15H2,1-5H3,(H,25,28)/t16-,17-,22+/m1/s1. The lowest BCUT2D eigenvalue weighted by Gasteiger charge is -2.34. The first-order chi connectivity index (χ1) is 15.3. The molecule has 0 unspecified atom stereocenters. The summed E-state index contributed by atoms with van der Waals surface area (Å²) in [5.41, 5.74) is 1.11. The van der Waals surface area contributed by atoms with Gasteiger partial charge in [0.05, 0.1) is 11.7 Å². The summed E-state index contributed by atoms with van der Waals surface area (Å²) in [5.74, 6) is 0.534. The zero-order valence-corrected chi connectivity index (χ0v) is 19.9. The van der Waals surface area contributed by atoms with E-state index in [2.05, 4.69) is 31.1 Å². The minimum atomic E-state index is -0.127. The number of nitrogens with one attached hydrogen (secondary N) is 1. The van der Waals surface area contributed by atoms with Crippen LogP contribution in [-0.4, -0.2) is 87.9 Å². The van der Waals surface area contributed by atoms with E-state index in [4.69, 9.17) is 14.2 Å². The summed E-state index contributed by atoms with van der Waals surface area (Å²) in [4.78, 5) is 29.8. The third-order valence-corrected chi connectivity index (χ3v) is 6.62. The second-order valence-electron chi connectivity index (χ2n) is 9.12. The zero-order valence-electron chi connectivity index (χ0n) is 19.9. The molecular weight excluding hydrogens is 410 g/mol. The number of benzene rings is 1. The zero-order chi connectivity index (χ0) is 23.3. The number of hydrogen-bond donors (Lipinski definition) is 1. The molecular formula is C24H37N3O5. The van der Waals surface area contributed by atoms with E-state index < -0.39 is 0 Å². The van der Waals surface area contributed by atoms with Gasteiger partial charge in [-0.15, -0.1) is 0 Å². The number of hydrogen-bond acceptors (Lipinski definition) is 6. The Morgan fingerprint density at radius 1 is 1.16 bits per heavy atom. The van der Waals surface area contributed by atoms with Crippen molar-refractivity contribution in [1.29, 1.82) is 0 Å². The van der Waals surface area contributed by atoms with Crippen molar-refractivity contribution in [3.8, 4) is 5.75 Å². The SMILES string of the molecule is CO[C@H]1CN(C)C(=O)c2ccc(NC(=O)C3CCOCC3)cc2OC[C@@H](C)N(C)C[C@H]1C. The summed E-state index contributed by atoms with van der Waals surface area (Å²) in [6.45, 7) is 7.22. The molecule has 1 saturated heterocycles. The highest BCUT2D eigenvalue weighted by molar-refractivity contribution is 5.98. The number of anilines is 1. The van der Waals surface area contributed by atoms with Gasteiger partial charge in [0, 0.05) is 64.2 Å². The van der Waals surface area contributed by atoms with Crippen LogP contribution in [0.1, 0.15) is 37.0 Å². The minimum absolute atomic E-state index is 0.0186. The van der Waals surface area contributed by atoms with Crippen LogP contribution < -0.4 is 10.1 Å². The number of fused-ring (bicyclic) bond motifs is 1. The van der Waals surface area contributed by atoms with Crippen molar-refractivity contribution in [2.24, 2.45) is 11.8 Å². The lowest BCUT2D eigenvalue weighted by Crippen LogP contribution is -2.45. The van der Waals surface area contributed by atoms with Gasteiger partial charge >= 0.3 is 0 Å². The molecule has 0 radical (unpaired) electrons. The number of carbonyl (C=O) groups is 2. The first kappa shape index (κ1) is 24.5. The molecule has 2 amide bonds. The van der Waals surface area contributed by atoms with Crippen molar-refractivity contribution in [1.82, 2.24) is 9.80 Å². The summed E-state index contributed by atoms with van der Waals surface area (Å²) >= 11 is 0. The van der Waals surface area contributed by atoms with Crippen molar-refractivity contribution in [2.75, 3.05) is 59.4 Å². The van der Waals surface area contributed by atoms with Crippen LogP contribution in [0, 0.1) is 11.8 Å². The average molecular weight is 448 g/mol. The Bertz CT molecular complexity index is 796. The molecule has 3 rings (SSSR count). The summed E-state index contributed by atoms with van der Waals surface area (Å²) in [6.07, 6.45) is 1.37. The Morgan fingerprint density at radius 2 is 1.88 bits per heavy atom. The second-order valence-corrected chi connectivity index (χ2v) is 9.12. The first-order valence-corrected chi connectivity index (χ1v) is 11.4. The van der Waals surface area contributed by atoms with Crippen molar-refractivity contribution in [3.05, 3.63) is 23.8 Å². The molecule has 32 heavy (non-hydrogen) atoms. The van der Waals surface area contributed by atoms with Crippen molar-refractivity contribution < 1.29 is 23.8 Å². The van der Waals surface area contributed by atoms with E-state index in [0.29, 0.717) is 43.4 Å². The predicted molar refractivity (Wildman–Crippen MR) is 123 cm³/mol. The number of nitrogens with zero attached hydrogens (tertiary/aromatic N) is 2. The maximum Gasteiger partial charge on any atom is 0.257 e. The molecule has 0 aromatic heterocycles. The average Bonchev–Trinajstić information content (AvgIpc) is 2.80. The van der Waals surface area contributed by atoms with Crippen LogP contribution >= 0.6 is 0 Å². The molecule has 1 aromatic carbocycles. The molecule has 1 aromatic rings. The molecule has 0 spiro atoms. The van der Waals surface area contributed by atoms with Gasteiger partial charge in [0.25, 0.3) is 5.91 Å². The molecule has 1 N–H and O–H groups in total. The van der Waals surface area contributed by atoms with Crippen LogP contribution in [0.25, 0.3) is 0 Å². The van der Waals surface area contributed by atoms with Crippen LogP contribution in [0.3, 0.4) is 0 Å². The largest absolute Gasteiger partial charge is 0.491 e. The Kier molecular flexibility index (Phi) is 8.51. The quantitative estimate of drug-likeness (QED) is 0.767. The summed E-state index contributed by atoms with van der Waals surface area (Å²) in [6, 6.07) is 5.41. The second kappa shape index (κ2) is 11.1. The monoisotopic (exact) mass is 447 g/mol. The number of ether oxygens (including phenoxy) is 3. The summed E-state index contributed by atoms with van der Waals surface area (Å²) in [7, 11) is 5.55. The fourth-order valence-electron chi connectivity index (χ4n) is 4.23. The molecule has 0 bridgehead atoms. The molecule has 8 heteroatoms. The Morgan fingerprint density at radius 3 is 2.56 bits per heavy atom. The topological polar surface area (TPSA) is 80.3 Å². The lowest BCUT2D eigenvalue weighted by molar-refractivity contribution is -0.122. The van der Waals surface area contributed by atoms with Gasteiger partial charge in [0.15, 0.2) is 0 Å². The van der Waals surface area contributed by atoms with E-state index in [-0.39, 0.29) is 35.8 Å². The van der Waals surface area contributed by atoms with Crippen molar-refractivity contribution >= 4 is 17.5 Å². The highest BCUT2D eigenvalue weighted by Crippen LogP contribution is 2.27. The van der Waals surface area contributed by atoms with Gasteiger partial charge in [-0.3, -0.25) is 14.5 Å². The lowest BCUT2D eigenvalue weighted by atomic mass is 9.99. The van der Waals surface area contributed by atoms with Crippen LogP contribution in [-0.2, 0) is 14.3 Å². The van der Waals surface area contributed by atoms with Gasteiger partial charge in [-0.25, -0.2) is 0 Å². The van der Waals surface area contributed by atoms with E-state index in [1.807, 2.05) is 0 Å². The first-order valence-electron chi connectivity index (χ1n) is 11.4. The van der Waals surface area contributed by atoms with Crippen molar-refractivity contribution in [2.45, 2.75) is 38.8 Å². The minimum Gasteiger partial charge on any atom is -0.491 e. The molecule has 0 saturated carbocycles. The number of methoxy groups -OCH3 is 1. The number of carbonyl (C=O) groups excluding carboxylic acids is 2. The van der Waals surface area contributed by atoms with Crippen LogP contribution in [0.4, 0.5) is 5.69 Å². The van der Waals surface area contributed by atoms with Gasteiger partial charge in [0.1, 0.15) is 12.4 Å². The molecule has 3 atom stereocenters. The van der Waals surface area contributed by atoms with E-state index in [9.17, 15) is 9.59 Å². The van der Waals surface area contributed by atoms with Crippen LogP contribution in [0.15, 0.2) is 18.2 Å². The Labute approximate surface area is 191 Å². The normalized spacial score (nSPS) is 26.5. The Balaban J connectivity index is 1.84. The van der Waals surface area contributed by atoms with E-state index >= 15 is 0 Å². The summed E-state index contributed by atoms with van der Waals surface area (Å²) in [5, 5.41) is 2.99. The van der Waals surface area contributed by atoms with Gasteiger partial charge in [-0.2, -0.15) is 0 Å². The molecule has 1 fully saturated rings. The number of likely N-dealkylation sites (N-methyl/N-ethyl adjacent to an activating group) is 2. The number of amides is 2. The third-order valence-electron chi connectivity index (χ3n) is 6.62. The highest BCUT2D eigenvalue weighted by Gasteiger charge is 2.27. The third kappa shape index (κ3) is 5.99. The molecule has 8 nitrogen and oxygen atoms in total. The Hall–Kier alpha value is -2.16. The van der Waals surface area contributed by atoms with Crippen molar-refractivity contribution in [3.63, 3.8) is 0 Å². The predicted octanol–water partition coefficient (Wildman–Crippen LogP) is 2.49. The molecule has 178 valence electrons. The molecule has 2 aliphatic heterocycles.